The standard InChI is InChI=1S/C25H32O4/c1-8-21(28-22(26)17-13-9-11-15-19(17)24(2,3)4)29-23(27)18-14-10-12-16-20(18)25(5,6)7/h9-16,21H,8H2,1-7H3. The summed E-state index contributed by atoms with van der Waals surface area (Å²) in [5, 5.41) is 0. The van der Waals surface area contributed by atoms with Gasteiger partial charge in [-0.3, -0.25) is 0 Å². The minimum Gasteiger partial charge on any atom is -0.422 e. The quantitative estimate of drug-likeness (QED) is 0.457. The van der Waals surface area contributed by atoms with E-state index in [-0.39, 0.29) is 10.8 Å². The number of ether oxygens (including phenoxy) is 2. The van der Waals surface area contributed by atoms with Crippen molar-refractivity contribution in [3.8, 4) is 0 Å². The summed E-state index contributed by atoms with van der Waals surface area (Å²) in [6.45, 7) is 14.1. The summed E-state index contributed by atoms with van der Waals surface area (Å²) in [7, 11) is 0. The highest BCUT2D eigenvalue weighted by Crippen LogP contribution is 2.28. The fraction of sp³-hybridized carbons (Fsp3) is 0.440. The Balaban J connectivity index is 2.21. The van der Waals surface area contributed by atoms with Crippen molar-refractivity contribution in [2.24, 2.45) is 0 Å². The first-order chi connectivity index (χ1) is 13.4. The first-order valence-corrected chi connectivity index (χ1v) is 10.1. The second-order valence-electron chi connectivity index (χ2n) is 9.24. The molecule has 2 aromatic carbocycles. The van der Waals surface area contributed by atoms with Crippen LogP contribution in [0.2, 0.25) is 0 Å². The molecule has 0 unspecified atom stereocenters. The molecule has 0 saturated heterocycles. The van der Waals surface area contributed by atoms with E-state index in [0.29, 0.717) is 17.5 Å². The second-order valence-corrected chi connectivity index (χ2v) is 9.24. The van der Waals surface area contributed by atoms with Gasteiger partial charge in [-0.05, 0) is 34.1 Å². The zero-order valence-electron chi connectivity index (χ0n) is 18.5. The second kappa shape index (κ2) is 8.81. The first-order valence-electron chi connectivity index (χ1n) is 10.1. The Labute approximate surface area is 174 Å². The molecule has 2 aromatic rings. The summed E-state index contributed by atoms with van der Waals surface area (Å²) in [6, 6.07) is 14.7. The third-order valence-corrected chi connectivity index (χ3v) is 4.72. The van der Waals surface area contributed by atoms with Crippen molar-refractivity contribution in [2.75, 3.05) is 0 Å². The molecule has 4 heteroatoms. The predicted molar refractivity (Wildman–Crippen MR) is 115 cm³/mol. The van der Waals surface area contributed by atoms with Gasteiger partial charge in [-0.15, -0.1) is 0 Å². The van der Waals surface area contributed by atoms with Crippen LogP contribution in [0.4, 0.5) is 0 Å². The molecule has 0 aliphatic rings. The average Bonchev–Trinajstić information content (AvgIpc) is 2.66. The Morgan fingerprint density at radius 2 is 1.07 bits per heavy atom. The van der Waals surface area contributed by atoms with Gasteiger partial charge in [0.25, 0.3) is 0 Å². The Morgan fingerprint density at radius 3 is 1.38 bits per heavy atom. The van der Waals surface area contributed by atoms with E-state index in [0.717, 1.165) is 11.1 Å². The average molecular weight is 397 g/mol. The fourth-order valence-corrected chi connectivity index (χ4v) is 3.19. The molecule has 0 N–H and O–H groups in total. The van der Waals surface area contributed by atoms with Gasteiger partial charge in [0.1, 0.15) is 0 Å². The minimum atomic E-state index is -0.948. The lowest BCUT2D eigenvalue weighted by Gasteiger charge is -2.25. The van der Waals surface area contributed by atoms with E-state index in [1.54, 1.807) is 24.3 Å². The van der Waals surface area contributed by atoms with Gasteiger partial charge < -0.3 is 9.47 Å². The zero-order valence-corrected chi connectivity index (χ0v) is 18.5. The number of benzene rings is 2. The third-order valence-electron chi connectivity index (χ3n) is 4.72. The van der Waals surface area contributed by atoms with Crippen molar-refractivity contribution in [1.82, 2.24) is 0 Å². The fourth-order valence-electron chi connectivity index (χ4n) is 3.19. The molecular weight excluding hydrogens is 364 g/mol. The molecule has 0 atom stereocenters. The van der Waals surface area contributed by atoms with Gasteiger partial charge in [0.05, 0.1) is 11.1 Å². The van der Waals surface area contributed by atoms with Gasteiger partial charge >= 0.3 is 11.9 Å². The number of carbonyl (C=O) groups is 2. The van der Waals surface area contributed by atoms with Crippen LogP contribution in [-0.4, -0.2) is 18.2 Å². The van der Waals surface area contributed by atoms with Crippen molar-refractivity contribution in [1.29, 1.82) is 0 Å². The lowest BCUT2D eigenvalue weighted by molar-refractivity contribution is -0.0808. The van der Waals surface area contributed by atoms with Crippen LogP contribution in [0, 0.1) is 0 Å². The molecule has 0 heterocycles. The molecule has 0 amide bonds. The molecule has 156 valence electrons. The molecule has 4 nitrogen and oxygen atoms in total. The van der Waals surface area contributed by atoms with Gasteiger partial charge in [-0.25, -0.2) is 9.59 Å². The topological polar surface area (TPSA) is 52.6 Å². The van der Waals surface area contributed by atoms with E-state index in [1.807, 2.05) is 72.7 Å². The van der Waals surface area contributed by atoms with Crippen molar-refractivity contribution < 1.29 is 19.1 Å². The number of carbonyl (C=O) groups excluding carboxylic acids is 2. The van der Waals surface area contributed by atoms with Gasteiger partial charge in [-0.2, -0.15) is 0 Å². The summed E-state index contributed by atoms with van der Waals surface area (Å²) in [4.78, 5) is 25.6. The maximum atomic E-state index is 12.8. The molecule has 29 heavy (non-hydrogen) atoms. The number of hydrogen-bond acceptors (Lipinski definition) is 4. The zero-order chi connectivity index (χ0) is 21.8. The van der Waals surface area contributed by atoms with E-state index < -0.39 is 18.2 Å². The van der Waals surface area contributed by atoms with Gasteiger partial charge in [0.2, 0.25) is 6.29 Å². The molecule has 0 aliphatic carbocycles. The van der Waals surface area contributed by atoms with Crippen LogP contribution in [0.25, 0.3) is 0 Å². The van der Waals surface area contributed by atoms with Gasteiger partial charge in [0, 0.05) is 6.42 Å². The van der Waals surface area contributed by atoms with Crippen LogP contribution >= 0.6 is 0 Å². The Bertz CT molecular complexity index is 797. The maximum Gasteiger partial charge on any atom is 0.341 e. The van der Waals surface area contributed by atoms with E-state index in [1.165, 1.54) is 0 Å². The highest BCUT2D eigenvalue weighted by Gasteiger charge is 2.27. The molecule has 0 saturated carbocycles. The first kappa shape index (κ1) is 22.7. The summed E-state index contributed by atoms with van der Waals surface area (Å²) in [6.07, 6.45) is -0.580. The van der Waals surface area contributed by atoms with Crippen LogP contribution in [0.3, 0.4) is 0 Å². The van der Waals surface area contributed by atoms with Crippen LogP contribution in [-0.2, 0) is 20.3 Å². The highest BCUT2D eigenvalue weighted by atomic mass is 16.7. The number of esters is 2. The van der Waals surface area contributed by atoms with Crippen molar-refractivity contribution in [3.63, 3.8) is 0 Å². The SMILES string of the molecule is CCC(OC(=O)c1ccccc1C(C)(C)C)OC(=O)c1ccccc1C(C)(C)C. The molecular formula is C25H32O4. The number of rotatable bonds is 5. The van der Waals surface area contributed by atoms with Gasteiger partial charge in [-0.1, -0.05) is 84.9 Å². The monoisotopic (exact) mass is 396 g/mol. The molecule has 0 spiro atoms. The third kappa shape index (κ3) is 5.69. The Morgan fingerprint density at radius 1 is 0.724 bits per heavy atom. The Hall–Kier alpha value is -2.62. The largest absolute Gasteiger partial charge is 0.422 e. The summed E-state index contributed by atoms with van der Waals surface area (Å²) >= 11 is 0. The van der Waals surface area contributed by atoms with Crippen LogP contribution in [0.1, 0.15) is 86.7 Å². The van der Waals surface area contributed by atoms with Crippen LogP contribution < -0.4 is 0 Å². The van der Waals surface area contributed by atoms with Crippen molar-refractivity contribution in [2.45, 2.75) is 72.0 Å². The highest BCUT2D eigenvalue weighted by molar-refractivity contribution is 5.93. The summed E-state index contributed by atoms with van der Waals surface area (Å²) in [5.74, 6) is -0.974. The van der Waals surface area contributed by atoms with Crippen molar-refractivity contribution in [3.05, 3.63) is 70.8 Å². The van der Waals surface area contributed by atoms with Crippen LogP contribution in [0.15, 0.2) is 48.5 Å². The lowest BCUT2D eigenvalue weighted by atomic mass is 9.84. The van der Waals surface area contributed by atoms with E-state index in [4.69, 9.17) is 9.47 Å². The summed E-state index contributed by atoms with van der Waals surface area (Å²) < 4.78 is 11.1. The molecule has 0 bridgehead atoms. The molecule has 0 aromatic heterocycles. The van der Waals surface area contributed by atoms with E-state index in [2.05, 4.69) is 0 Å². The van der Waals surface area contributed by atoms with Gasteiger partial charge in [0.15, 0.2) is 0 Å². The smallest absolute Gasteiger partial charge is 0.341 e. The minimum absolute atomic E-state index is 0.209. The molecule has 0 radical (unpaired) electrons. The number of hydrogen-bond donors (Lipinski definition) is 0. The predicted octanol–water partition coefficient (Wildman–Crippen LogP) is 6.03. The molecule has 2 rings (SSSR count). The molecule has 0 aliphatic heterocycles. The van der Waals surface area contributed by atoms with Crippen LogP contribution in [0.5, 0.6) is 0 Å². The van der Waals surface area contributed by atoms with Crippen molar-refractivity contribution >= 4 is 11.9 Å². The molecule has 0 fully saturated rings. The Kier molecular flexibility index (Phi) is 6.89. The lowest BCUT2D eigenvalue weighted by Crippen LogP contribution is -2.27. The van der Waals surface area contributed by atoms with E-state index >= 15 is 0 Å². The maximum absolute atomic E-state index is 12.8. The summed E-state index contributed by atoms with van der Waals surface area (Å²) in [5.41, 5.74) is 2.35. The normalized spacial score (nSPS) is 12.0. The van der Waals surface area contributed by atoms with E-state index in [9.17, 15) is 9.59 Å².